The topological polar surface area (TPSA) is 60.8 Å². The second kappa shape index (κ2) is 4.20. The normalized spacial score (nSPS) is 24.1. The molecule has 2 rings (SSSR count). The molecule has 1 unspecified atom stereocenters. The molecule has 1 saturated heterocycles. The number of phenols is 1. The number of β-amino-alcohol motifs (C(OH)–C–C–N with tert-alkyl or cyclic N) is 1. The molecule has 1 aromatic carbocycles. The van der Waals surface area contributed by atoms with E-state index in [1.165, 1.54) is 23.1 Å². The predicted octanol–water partition coefficient (Wildman–Crippen LogP) is 1.64. The maximum atomic E-state index is 12.1. The summed E-state index contributed by atoms with van der Waals surface area (Å²) in [6.07, 6.45) is 0.542. The van der Waals surface area contributed by atoms with Gasteiger partial charge in [0.05, 0.1) is 11.2 Å². The number of amides is 1. The summed E-state index contributed by atoms with van der Waals surface area (Å²) in [6, 6.07) is 4.35. The van der Waals surface area contributed by atoms with E-state index < -0.39 is 5.60 Å². The zero-order valence-electron chi connectivity index (χ0n) is 9.48. The van der Waals surface area contributed by atoms with Crippen LogP contribution in [0.4, 0.5) is 0 Å². The number of phenolic OH excluding ortho intramolecular Hbond substituents is 1. The minimum absolute atomic E-state index is 0.0917. The fourth-order valence-corrected chi connectivity index (χ4v) is 2.14. The molecule has 0 aliphatic carbocycles. The lowest BCUT2D eigenvalue weighted by Crippen LogP contribution is -2.33. The van der Waals surface area contributed by atoms with Crippen molar-refractivity contribution in [1.82, 2.24) is 4.90 Å². The number of carbonyl (C=O) groups excluding carboxylic acids is 1. The summed E-state index contributed by atoms with van der Waals surface area (Å²) in [4.78, 5) is 13.6. The largest absolute Gasteiger partial charge is 0.507 e. The van der Waals surface area contributed by atoms with Crippen LogP contribution in [0.1, 0.15) is 23.7 Å². The Bertz CT molecular complexity index is 459. The molecule has 0 aromatic heterocycles. The number of hydrogen-bond acceptors (Lipinski definition) is 3. The van der Waals surface area contributed by atoms with E-state index in [0.29, 0.717) is 18.0 Å². The maximum Gasteiger partial charge on any atom is 0.257 e. The molecule has 0 radical (unpaired) electrons. The molecule has 1 heterocycles. The molecule has 1 aliphatic heterocycles. The Morgan fingerprint density at radius 3 is 2.82 bits per heavy atom. The van der Waals surface area contributed by atoms with Gasteiger partial charge in [0.2, 0.25) is 0 Å². The highest BCUT2D eigenvalue weighted by molar-refractivity contribution is 6.31. The Morgan fingerprint density at radius 1 is 1.53 bits per heavy atom. The quantitative estimate of drug-likeness (QED) is 0.802. The van der Waals surface area contributed by atoms with Crippen molar-refractivity contribution in [2.75, 3.05) is 13.1 Å². The Hall–Kier alpha value is -1.26. The zero-order valence-corrected chi connectivity index (χ0v) is 10.2. The Morgan fingerprint density at radius 2 is 2.24 bits per heavy atom. The average molecular weight is 256 g/mol. The van der Waals surface area contributed by atoms with Crippen LogP contribution in [0.3, 0.4) is 0 Å². The van der Waals surface area contributed by atoms with Gasteiger partial charge in [-0.05, 0) is 31.5 Å². The molecule has 5 heteroatoms. The average Bonchev–Trinajstić information content (AvgIpc) is 2.61. The number of aliphatic hydroxyl groups is 1. The number of likely N-dealkylation sites (tertiary alicyclic amines) is 1. The molecule has 0 saturated carbocycles. The molecule has 0 bridgehead atoms. The van der Waals surface area contributed by atoms with Crippen LogP contribution in [-0.2, 0) is 0 Å². The number of halogens is 1. The third-order valence-electron chi connectivity index (χ3n) is 2.93. The van der Waals surface area contributed by atoms with Crippen molar-refractivity contribution in [3.05, 3.63) is 28.8 Å². The molecule has 4 nitrogen and oxygen atoms in total. The van der Waals surface area contributed by atoms with Crippen LogP contribution in [0.25, 0.3) is 0 Å². The van der Waals surface area contributed by atoms with E-state index in [0.717, 1.165) is 0 Å². The van der Waals surface area contributed by atoms with Gasteiger partial charge in [0.15, 0.2) is 0 Å². The van der Waals surface area contributed by atoms with Crippen molar-refractivity contribution in [2.24, 2.45) is 0 Å². The summed E-state index contributed by atoms with van der Waals surface area (Å²) in [5.41, 5.74) is -0.667. The molecule has 1 aromatic rings. The van der Waals surface area contributed by atoms with E-state index in [2.05, 4.69) is 0 Å². The Kier molecular flexibility index (Phi) is 3.02. The second-order valence-electron chi connectivity index (χ2n) is 4.64. The first-order valence-corrected chi connectivity index (χ1v) is 5.77. The molecule has 1 aliphatic rings. The van der Waals surface area contributed by atoms with Gasteiger partial charge in [-0.25, -0.2) is 0 Å². The minimum Gasteiger partial charge on any atom is -0.507 e. The number of rotatable bonds is 1. The van der Waals surface area contributed by atoms with Gasteiger partial charge in [-0.2, -0.15) is 0 Å². The van der Waals surface area contributed by atoms with Crippen molar-refractivity contribution in [3.8, 4) is 5.75 Å². The number of nitrogens with zero attached hydrogens (tertiary/aromatic N) is 1. The van der Waals surface area contributed by atoms with Gasteiger partial charge < -0.3 is 15.1 Å². The highest BCUT2D eigenvalue weighted by Crippen LogP contribution is 2.27. The Balaban J connectivity index is 2.23. The lowest BCUT2D eigenvalue weighted by atomic mass is 10.1. The van der Waals surface area contributed by atoms with E-state index in [-0.39, 0.29) is 23.8 Å². The van der Waals surface area contributed by atoms with Gasteiger partial charge >= 0.3 is 0 Å². The lowest BCUT2D eigenvalue weighted by molar-refractivity contribution is 0.0570. The fraction of sp³-hybridized carbons (Fsp3) is 0.417. The third kappa shape index (κ3) is 2.53. The first-order valence-electron chi connectivity index (χ1n) is 5.39. The number of benzene rings is 1. The van der Waals surface area contributed by atoms with E-state index in [4.69, 9.17) is 11.6 Å². The van der Waals surface area contributed by atoms with E-state index in [9.17, 15) is 15.0 Å². The molecule has 2 N–H and O–H groups in total. The summed E-state index contributed by atoms with van der Waals surface area (Å²) in [5.74, 6) is -0.395. The molecule has 0 spiro atoms. The summed E-state index contributed by atoms with van der Waals surface area (Å²) in [5, 5.41) is 19.8. The maximum absolute atomic E-state index is 12.1. The number of hydrogen-bond donors (Lipinski definition) is 2. The predicted molar refractivity (Wildman–Crippen MR) is 64.3 cm³/mol. The summed E-state index contributed by atoms with van der Waals surface area (Å²) < 4.78 is 0. The van der Waals surface area contributed by atoms with Crippen molar-refractivity contribution in [1.29, 1.82) is 0 Å². The molecular weight excluding hydrogens is 242 g/mol. The molecule has 1 amide bonds. The van der Waals surface area contributed by atoms with Crippen LogP contribution in [0.5, 0.6) is 5.75 Å². The molecule has 1 fully saturated rings. The van der Waals surface area contributed by atoms with Crippen LogP contribution in [-0.4, -0.2) is 39.7 Å². The van der Waals surface area contributed by atoms with E-state index >= 15 is 0 Å². The van der Waals surface area contributed by atoms with Crippen molar-refractivity contribution >= 4 is 17.5 Å². The summed E-state index contributed by atoms with van der Waals surface area (Å²) in [6.45, 7) is 2.45. The van der Waals surface area contributed by atoms with Crippen LogP contribution >= 0.6 is 11.6 Å². The number of aromatic hydroxyl groups is 1. The highest BCUT2D eigenvalue weighted by Gasteiger charge is 2.34. The van der Waals surface area contributed by atoms with Gasteiger partial charge in [-0.1, -0.05) is 11.6 Å². The molecular formula is C12H14ClNO3. The van der Waals surface area contributed by atoms with Crippen molar-refractivity contribution < 1.29 is 15.0 Å². The third-order valence-corrected chi connectivity index (χ3v) is 3.16. The van der Waals surface area contributed by atoms with Crippen LogP contribution in [0, 0.1) is 0 Å². The van der Waals surface area contributed by atoms with E-state index in [1.54, 1.807) is 6.92 Å². The monoisotopic (exact) mass is 255 g/mol. The summed E-state index contributed by atoms with van der Waals surface area (Å²) in [7, 11) is 0. The first-order chi connectivity index (χ1) is 7.89. The standard InChI is InChI=1S/C12H14ClNO3/c1-12(17)4-5-14(7-12)11(16)9-6-8(13)2-3-10(9)15/h2-3,6,15,17H,4-5,7H2,1H3. The van der Waals surface area contributed by atoms with Gasteiger partial charge in [0.1, 0.15) is 5.75 Å². The van der Waals surface area contributed by atoms with Gasteiger partial charge in [0.25, 0.3) is 5.91 Å². The molecule has 17 heavy (non-hydrogen) atoms. The van der Waals surface area contributed by atoms with Crippen LogP contribution in [0.2, 0.25) is 5.02 Å². The first kappa shape index (κ1) is 12.2. The zero-order chi connectivity index (χ0) is 12.6. The van der Waals surface area contributed by atoms with Crippen LogP contribution < -0.4 is 0 Å². The summed E-state index contributed by atoms with van der Waals surface area (Å²) >= 11 is 5.79. The van der Waals surface area contributed by atoms with Gasteiger partial charge in [0, 0.05) is 18.1 Å². The van der Waals surface area contributed by atoms with Crippen LogP contribution in [0.15, 0.2) is 18.2 Å². The minimum atomic E-state index is -0.843. The van der Waals surface area contributed by atoms with Gasteiger partial charge in [-0.15, -0.1) is 0 Å². The Labute approximate surface area is 104 Å². The highest BCUT2D eigenvalue weighted by atomic mass is 35.5. The van der Waals surface area contributed by atoms with Crippen molar-refractivity contribution in [2.45, 2.75) is 18.9 Å². The molecule has 1 atom stereocenters. The van der Waals surface area contributed by atoms with Crippen molar-refractivity contribution in [3.63, 3.8) is 0 Å². The second-order valence-corrected chi connectivity index (χ2v) is 5.07. The molecule has 92 valence electrons. The number of carbonyl (C=O) groups is 1. The smallest absolute Gasteiger partial charge is 0.257 e. The fourth-order valence-electron chi connectivity index (χ4n) is 1.97. The van der Waals surface area contributed by atoms with E-state index in [1.807, 2.05) is 0 Å². The lowest BCUT2D eigenvalue weighted by Gasteiger charge is -2.19. The SMILES string of the molecule is CC1(O)CCN(C(=O)c2cc(Cl)ccc2O)C1. The van der Waals surface area contributed by atoms with Gasteiger partial charge in [-0.3, -0.25) is 4.79 Å².